The van der Waals surface area contributed by atoms with Crippen molar-refractivity contribution in [1.29, 1.82) is 0 Å². The largest absolute Gasteiger partial charge is 0.479 e. The van der Waals surface area contributed by atoms with Gasteiger partial charge in [-0.25, -0.2) is 9.78 Å². The second-order valence-corrected chi connectivity index (χ2v) is 3.08. The number of aliphatic carboxylic acids is 1. The molecule has 82 valence electrons. The van der Waals surface area contributed by atoms with Crippen LogP contribution in [0.2, 0.25) is 5.02 Å². The number of halogens is 2. The molecular weight excluding hydrogens is 225 g/mol. The van der Waals surface area contributed by atoms with Gasteiger partial charge in [-0.3, -0.25) is 0 Å². The summed E-state index contributed by atoms with van der Waals surface area (Å²) in [5, 5.41) is 8.89. The standard InChI is InChI=1S/C9H9ClFNO3/c1-2-15-8(9(13)14)7-5(10)3-4-6(11)12-7/h3-4,8H,2H2,1H3,(H,13,14). The fourth-order valence-electron chi connectivity index (χ4n) is 1.05. The third-order valence-corrected chi connectivity index (χ3v) is 1.96. The Bertz CT molecular complexity index is 372. The Labute approximate surface area is 90.6 Å². The van der Waals surface area contributed by atoms with E-state index in [1.54, 1.807) is 6.92 Å². The maximum absolute atomic E-state index is 12.8. The number of rotatable bonds is 4. The van der Waals surface area contributed by atoms with Crippen LogP contribution in [0.3, 0.4) is 0 Å². The van der Waals surface area contributed by atoms with Crippen molar-refractivity contribution in [3.05, 3.63) is 28.8 Å². The summed E-state index contributed by atoms with van der Waals surface area (Å²) in [5.41, 5.74) is -0.119. The topological polar surface area (TPSA) is 59.4 Å². The summed E-state index contributed by atoms with van der Waals surface area (Å²) in [6.45, 7) is 1.80. The molecule has 6 heteroatoms. The molecule has 0 spiro atoms. The van der Waals surface area contributed by atoms with Crippen LogP contribution >= 0.6 is 11.6 Å². The lowest BCUT2D eigenvalue weighted by atomic mass is 10.2. The molecule has 0 bridgehead atoms. The molecular formula is C9H9ClFNO3. The first kappa shape index (κ1) is 11.9. The predicted molar refractivity (Wildman–Crippen MR) is 51.2 cm³/mol. The lowest BCUT2D eigenvalue weighted by Gasteiger charge is -2.12. The van der Waals surface area contributed by atoms with Crippen LogP contribution in [0, 0.1) is 5.95 Å². The number of hydrogen-bond donors (Lipinski definition) is 1. The van der Waals surface area contributed by atoms with Gasteiger partial charge in [-0.2, -0.15) is 4.39 Å². The first-order valence-corrected chi connectivity index (χ1v) is 4.60. The van der Waals surface area contributed by atoms with E-state index < -0.39 is 18.0 Å². The van der Waals surface area contributed by atoms with Gasteiger partial charge >= 0.3 is 5.97 Å². The molecule has 0 saturated carbocycles. The summed E-state index contributed by atoms with van der Waals surface area (Å²) in [6.07, 6.45) is -1.34. The van der Waals surface area contributed by atoms with Crippen molar-refractivity contribution in [1.82, 2.24) is 4.98 Å². The van der Waals surface area contributed by atoms with E-state index in [-0.39, 0.29) is 17.3 Å². The zero-order valence-electron chi connectivity index (χ0n) is 7.91. The van der Waals surface area contributed by atoms with Crippen LogP contribution in [0.4, 0.5) is 4.39 Å². The normalized spacial score (nSPS) is 12.5. The highest BCUT2D eigenvalue weighted by Crippen LogP contribution is 2.24. The molecule has 1 unspecified atom stereocenters. The lowest BCUT2D eigenvalue weighted by molar-refractivity contribution is -0.150. The molecule has 0 aliphatic heterocycles. The Kier molecular flexibility index (Phi) is 3.99. The Morgan fingerprint density at radius 1 is 1.73 bits per heavy atom. The first-order chi connectivity index (χ1) is 7.06. The molecule has 4 nitrogen and oxygen atoms in total. The number of pyridine rings is 1. The number of ether oxygens (including phenoxy) is 1. The van der Waals surface area contributed by atoms with Gasteiger partial charge in [-0.1, -0.05) is 11.6 Å². The van der Waals surface area contributed by atoms with Crippen LogP contribution in [0.1, 0.15) is 18.7 Å². The van der Waals surface area contributed by atoms with E-state index in [9.17, 15) is 9.18 Å². The molecule has 15 heavy (non-hydrogen) atoms. The number of carbonyl (C=O) groups is 1. The van der Waals surface area contributed by atoms with Crippen LogP contribution in [0.15, 0.2) is 12.1 Å². The van der Waals surface area contributed by atoms with E-state index in [1.165, 1.54) is 6.07 Å². The van der Waals surface area contributed by atoms with Crippen LogP contribution in [-0.4, -0.2) is 22.7 Å². The maximum atomic E-state index is 12.8. The molecule has 0 saturated heterocycles. The van der Waals surface area contributed by atoms with E-state index >= 15 is 0 Å². The minimum absolute atomic E-state index is 0.0669. The van der Waals surface area contributed by atoms with Gasteiger partial charge in [0.15, 0.2) is 6.10 Å². The van der Waals surface area contributed by atoms with Gasteiger partial charge in [0.1, 0.15) is 5.69 Å². The van der Waals surface area contributed by atoms with E-state index in [0.29, 0.717) is 0 Å². The molecule has 0 amide bonds. The molecule has 1 rings (SSSR count). The maximum Gasteiger partial charge on any atom is 0.339 e. The smallest absolute Gasteiger partial charge is 0.339 e. The summed E-state index contributed by atoms with van der Waals surface area (Å²) in [5.74, 6) is -2.04. The number of nitrogens with zero attached hydrogens (tertiary/aromatic N) is 1. The highest BCUT2D eigenvalue weighted by Gasteiger charge is 2.24. The highest BCUT2D eigenvalue weighted by atomic mass is 35.5. The van der Waals surface area contributed by atoms with Gasteiger partial charge < -0.3 is 9.84 Å². The molecule has 1 N–H and O–H groups in total. The van der Waals surface area contributed by atoms with Gasteiger partial charge in [0.25, 0.3) is 0 Å². The van der Waals surface area contributed by atoms with Crippen molar-refractivity contribution in [3.63, 3.8) is 0 Å². The molecule has 0 aliphatic carbocycles. The molecule has 1 aromatic rings. The monoisotopic (exact) mass is 233 g/mol. The van der Waals surface area contributed by atoms with Gasteiger partial charge in [0, 0.05) is 6.61 Å². The summed E-state index contributed by atoms with van der Waals surface area (Å²) < 4.78 is 17.7. The summed E-state index contributed by atoms with van der Waals surface area (Å²) >= 11 is 5.70. The Morgan fingerprint density at radius 2 is 2.40 bits per heavy atom. The Balaban J connectivity index is 3.09. The Morgan fingerprint density at radius 3 is 2.93 bits per heavy atom. The molecule has 0 aromatic carbocycles. The van der Waals surface area contributed by atoms with Crippen molar-refractivity contribution in [3.8, 4) is 0 Å². The van der Waals surface area contributed by atoms with Gasteiger partial charge in [-0.15, -0.1) is 0 Å². The number of hydrogen-bond acceptors (Lipinski definition) is 3. The number of aromatic nitrogens is 1. The average Bonchev–Trinajstić information content (AvgIpc) is 2.18. The van der Waals surface area contributed by atoms with Crippen molar-refractivity contribution < 1.29 is 19.0 Å². The van der Waals surface area contributed by atoms with Crippen molar-refractivity contribution in [2.45, 2.75) is 13.0 Å². The fraction of sp³-hybridized carbons (Fsp3) is 0.333. The SMILES string of the molecule is CCOC(C(=O)O)c1nc(F)ccc1Cl. The third-order valence-electron chi connectivity index (χ3n) is 1.65. The van der Waals surface area contributed by atoms with Gasteiger partial charge in [-0.05, 0) is 19.1 Å². The lowest BCUT2D eigenvalue weighted by Crippen LogP contribution is -2.17. The first-order valence-electron chi connectivity index (χ1n) is 4.22. The van der Waals surface area contributed by atoms with E-state index in [2.05, 4.69) is 4.98 Å². The summed E-state index contributed by atoms with van der Waals surface area (Å²) in [4.78, 5) is 14.2. The molecule has 1 aromatic heterocycles. The minimum Gasteiger partial charge on any atom is -0.479 e. The number of carboxylic acids is 1. The molecule has 0 fully saturated rings. The molecule has 1 heterocycles. The minimum atomic E-state index is -1.34. The van der Waals surface area contributed by atoms with Crippen molar-refractivity contribution in [2.75, 3.05) is 6.61 Å². The zero-order valence-corrected chi connectivity index (χ0v) is 8.66. The number of carboxylic acid groups (broad SMARTS) is 1. The van der Waals surface area contributed by atoms with E-state index in [4.69, 9.17) is 21.4 Å². The summed E-state index contributed by atoms with van der Waals surface area (Å²) in [6, 6.07) is 2.30. The fourth-order valence-corrected chi connectivity index (χ4v) is 1.26. The van der Waals surface area contributed by atoms with E-state index in [1.807, 2.05) is 0 Å². The zero-order chi connectivity index (χ0) is 11.4. The molecule has 1 atom stereocenters. The van der Waals surface area contributed by atoms with Gasteiger partial charge in [0.2, 0.25) is 5.95 Å². The highest BCUT2D eigenvalue weighted by molar-refractivity contribution is 6.31. The van der Waals surface area contributed by atoms with Crippen LogP contribution in [0.5, 0.6) is 0 Å². The second-order valence-electron chi connectivity index (χ2n) is 2.67. The van der Waals surface area contributed by atoms with Crippen molar-refractivity contribution in [2.24, 2.45) is 0 Å². The average molecular weight is 234 g/mol. The van der Waals surface area contributed by atoms with E-state index in [0.717, 1.165) is 6.07 Å². The van der Waals surface area contributed by atoms with Gasteiger partial charge in [0.05, 0.1) is 5.02 Å². The predicted octanol–water partition coefficient (Wildman–Crippen LogP) is 2.04. The van der Waals surface area contributed by atoms with Crippen LogP contribution < -0.4 is 0 Å². The Hall–Kier alpha value is -1.20. The molecule has 0 aliphatic rings. The summed E-state index contributed by atoms with van der Waals surface area (Å²) in [7, 11) is 0. The van der Waals surface area contributed by atoms with Crippen molar-refractivity contribution >= 4 is 17.6 Å². The quantitative estimate of drug-likeness (QED) is 0.809. The van der Waals surface area contributed by atoms with Crippen LogP contribution in [0.25, 0.3) is 0 Å². The second kappa shape index (κ2) is 5.04. The molecule has 0 radical (unpaired) electrons. The van der Waals surface area contributed by atoms with Crippen LogP contribution in [-0.2, 0) is 9.53 Å². The third kappa shape index (κ3) is 2.87.